The van der Waals surface area contributed by atoms with Gasteiger partial charge in [0.1, 0.15) is 0 Å². The van der Waals surface area contributed by atoms with E-state index in [1.165, 1.54) is 0 Å². The molecule has 0 unspecified atom stereocenters. The molecule has 0 N–H and O–H groups in total. The van der Waals surface area contributed by atoms with Crippen LogP contribution in [-0.4, -0.2) is 47.8 Å². The zero-order chi connectivity index (χ0) is 12.3. The summed E-state index contributed by atoms with van der Waals surface area (Å²) in [7, 11) is 2.93. The monoisotopic (exact) mass is 238 g/mol. The second-order valence-electron chi connectivity index (χ2n) is 3.47. The van der Waals surface area contributed by atoms with Gasteiger partial charge in [-0.05, 0) is 5.46 Å². The van der Waals surface area contributed by atoms with Gasteiger partial charge in [-0.15, -0.1) is 0 Å². The molecular weight excluding hydrogens is 219 g/mol. The van der Waals surface area contributed by atoms with Crippen molar-refractivity contribution in [3.8, 4) is 0 Å². The van der Waals surface area contributed by atoms with Gasteiger partial charge in [-0.3, -0.25) is 0 Å². The van der Waals surface area contributed by atoms with Crippen LogP contribution in [0, 0.1) is 0 Å². The summed E-state index contributed by atoms with van der Waals surface area (Å²) in [6.45, 7) is 2.11. The van der Waals surface area contributed by atoms with E-state index in [1.54, 1.807) is 14.2 Å². The van der Waals surface area contributed by atoms with Gasteiger partial charge in [0.05, 0.1) is 26.4 Å². The highest BCUT2D eigenvalue weighted by atomic mass is 16.6. The molecule has 1 aromatic carbocycles. The first-order valence-corrected chi connectivity index (χ1v) is 5.64. The number of hydrogen-bond donors (Lipinski definition) is 0. The zero-order valence-corrected chi connectivity index (χ0v) is 10.4. The van der Waals surface area contributed by atoms with Gasteiger partial charge in [0.25, 0.3) is 0 Å². The number of ether oxygens (including phenoxy) is 2. The third kappa shape index (κ3) is 5.84. The van der Waals surface area contributed by atoms with E-state index in [0.29, 0.717) is 26.4 Å². The molecule has 0 spiro atoms. The predicted molar refractivity (Wildman–Crippen MR) is 67.5 cm³/mol. The van der Waals surface area contributed by atoms with E-state index in [-0.39, 0.29) is 7.12 Å². The molecule has 4 nitrogen and oxygen atoms in total. The molecule has 0 saturated heterocycles. The van der Waals surface area contributed by atoms with Crippen LogP contribution in [0.2, 0.25) is 0 Å². The molecule has 0 fully saturated rings. The number of methoxy groups -OCH3 is 2. The van der Waals surface area contributed by atoms with Gasteiger partial charge in [0.2, 0.25) is 0 Å². The quantitative estimate of drug-likeness (QED) is 0.469. The van der Waals surface area contributed by atoms with Crippen LogP contribution in [-0.2, 0) is 18.8 Å². The average molecular weight is 238 g/mol. The summed E-state index contributed by atoms with van der Waals surface area (Å²) in [6.07, 6.45) is 0. The topological polar surface area (TPSA) is 36.9 Å². The van der Waals surface area contributed by atoms with Crippen molar-refractivity contribution in [2.24, 2.45) is 0 Å². The SMILES string of the molecule is COCCOB(OCCOC)c1ccccc1. The van der Waals surface area contributed by atoms with Gasteiger partial charge >= 0.3 is 7.12 Å². The van der Waals surface area contributed by atoms with E-state index < -0.39 is 0 Å². The Morgan fingerprint density at radius 2 is 1.35 bits per heavy atom. The standard InChI is InChI=1S/C12H19BO4/c1-14-8-10-16-13(17-11-9-15-2)12-6-4-3-5-7-12/h3-7H,8-11H2,1-2H3. The maximum atomic E-state index is 5.61. The number of hydrogen-bond acceptors (Lipinski definition) is 4. The molecule has 0 radical (unpaired) electrons. The molecule has 1 rings (SSSR count). The van der Waals surface area contributed by atoms with Crippen LogP contribution >= 0.6 is 0 Å². The van der Waals surface area contributed by atoms with Crippen molar-refractivity contribution in [1.29, 1.82) is 0 Å². The van der Waals surface area contributed by atoms with Crippen LogP contribution in [0.5, 0.6) is 0 Å². The van der Waals surface area contributed by atoms with E-state index in [0.717, 1.165) is 5.46 Å². The fourth-order valence-electron chi connectivity index (χ4n) is 1.33. The second kappa shape index (κ2) is 9.19. The largest absolute Gasteiger partial charge is 0.494 e. The lowest BCUT2D eigenvalue weighted by Gasteiger charge is -2.14. The Morgan fingerprint density at radius 3 is 1.82 bits per heavy atom. The summed E-state index contributed by atoms with van der Waals surface area (Å²) in [5.74, 6) is 0. The lowest BCUT2D eigenvalue weighted by atomic mass is 9.79. The first kappa shape index (κ1) is 14.2. The third-order valence-electron chi connectivity index (χ3n) is 2.19. The van der Waals surface area contributed by atoms with Crippen LogP contribution in [0.1, 0.15) is 0 Å². The third-order valence-corrected chi connectivity index (χ3v) is 2.19. The van der Waals surface area contributed by atoms with Crippen molar-refractivity contribution in [2.45, 2.75) is 0 Å². The minimum absolute atomic E-state index is 0.360. The van der Waals surface area contributed by atoms with Crippen molar-refractivity contribution in [2.75, 3.05) is 40.6 Å². The van der Waals surface area contributed by atoms with Crippen LogP contribution in [0.15, 0.2) is 30.3 Å². The summed E-state index contributed by atoms with van der Waals surface area (Å²) in [5, 5.41) is 0. The Morgan fingerprint density at radius 1 is 0.824 bits per heavy atom. The molecule has 94 valence electrons. The van der Waals surface area contributed by atoms with Gasteiger partial charge in [0.15, 0.2) is 0 Å². The van der Waals surface area contributed by atoms with Crippen LogP contribution in [0.4, 0.5) is 0 Å². The molecule has 1 aromatic rings. The van der Waals surface area contributed by atoms with Crippen molar-refractivity contribution in [3.05, 3.63) is 30.3 Å². The Kier molecular flexibility index (Phi) is 7.67. The highest BCUT2D eigenvalue weighted by molar-refractivity contribution is 6.61. The van der Waals surface area contributed by atoms with E-state index in [4.69, 9.17) is 18.8 Å². The van der Waals surface area contributed by atoms with Gasteiger partial charge in [-0.25, -0.2) is 0 Å². The highest BCUT2D eigenvalue weighted by Gasteiger charge is 2.20. The Balaban J connectivity index is 2.46. The van der Waals surface area contributed by atoms with Crippen molar-refractivity contribution >= 4 is 12.6 Å². The van der Waals surface area contributed by atoms with Crippen LogP contribution in [0.3, 0.4) is 0 Å². The molecule has 0 atom stereocenters. The first-order valence-electron chi connectivity index (χ1n) is 5.64. The highest BCUT2D eigenvalue weighted by Crippen LogP contribution is 1.94. The minimum Gasteiger partial charge on any atom is -0.405 e. The fraction of sp³-hybridized carbons (Fsp3) is 0.500. The van der Waals surface area contributed by atoms with E-state index >= 15 is 0 Å². The van der Waals surface area contributed by atoms with Crippen LogP contribution in [0.25, 0.3) is 0 Å². The molecule has 0 heterocycles. The molecule has 0 amide bonds. The summed E-state index contributed by atoms with van der Waals surface area (Å²) in [6, 6.07) is 9.84. The van der Waals surface area contributed by atoms with Crippen molar-refractivity contribution < 1.29 is 18.8 Å². The van der Waals surface area contributed by atoms with E-state index in [1.807, 2.05) is 30.3 Å². The Hall–Kier alpha value is -0.875. The van der Waals surface area contributed by atoms with Crippen molar-refractivity contribution in [3.63, 3.8) is 0 Å². The minimum atomic E-state index is -0.360. The second-order valence-corrected chi connectivity index (χ2v) is 3.47. The maximum Gasteiger partial charge on any atom is 0.494 e. The number of benzene rings is 1. The van der Waals surface area contributed by atoms with Crippen molar-refractivity contribution in [1.82, 2.24) is 0 Å². The van der Waals surface area contributed by atoms with Gasteiger partial charge in [0, 0.05) is 14.2 Å². The maximum absolute atomic E-state index is 5.61. The lowest BCUT2D eigenvalue weighted by molar-refractivity contribution is 0.104. The van der Waals surface area contributed by atoms with E-state index in [9.17, 15) is 0 Å². The Bertz CT molecular complexity index is 271. The molecule has 0 aliphatic rings. The molecule has 0 bridgehead atoms. The smallest absolute Gasteiger partial charge is 0.405 e. The lowest BCUT2D eigenvalue weighted by Crippen LogP contribution is -2.38. The predicted octanol–water partition coefficient (Wildman–Crippen LogP) is 0.708. The molecule has 0 aliphatic carbocycles. The fourth-order valence-corrected chi connectivity index (χ4v) is 1.33. The molecule has 17 heavy (non-hydrogen) atoms. The van der Waals surface area contributed by atoms with Gasteiger partial charge < -0.3 is 18.8 Å². The molecule has 0 aromatic heterocycles. The molecule has 0 saturated carbocycles. The average Bonchev–Trinajstić information content (AvgIpc) is 2.38. The normalized spacial score (nSPS) is 10.5. The Labute approximate surface area is 103 Å². The van der Waals surface area contributed by atoms with Gasteiger partial charge in [-0.1, -0.05) is 30.3 Å². The number of rotatable bonds is 9. The molecular formula is C12H19BO4. The summed E-state index contributed by atoms with van der Waals surface area (Å²) in [4.78, 5) is 0. The van der Waals surface area contributed by atoms with Crippen LogP contribution < -0.4 is 5.46 Å². The molecule has 0 aliphatic heterocycles. The summed E-state index contributed by atoms with van der Waals surface area (Å²) in [5.41, 5.74) is 1.000. The zero-order valence-electron chi connectivity index (χ0n) is 10.4. The first-order chi connectivity index (χ1) is 8.38. The van der Waals surface area contributed by atoms with Gasteiger partial charge in [-0.2, -0.15) is 0 Å². The molecule has 5 heteroatoms. The summed E-state index contributed by atoms with van der Waals surface area (Å²) < 4.78 is 21.1. The summed E-state index contributed by atoms with van der Waals surface area (Å²) >= 11 is 0. The van der Waals surface area contributed by atoms with E-state index in [2.05, 4.69) is 0 Å².